The topological polar surface area (TPSA) is 37.4 Å². The number of hydrogen-bond donors (Lipinski definition) is 0. The largest absolute Gasteiger partial charge is 0.275 e. The molecule has 0 radical (unpaired) electrons. The van der Waals surface area contributed by atoms with E-state index in [4.69, 9.17) is 0 Å². The van der Waals surface area contributed by atoms with E-state index in [-0.39, 0.29) is 11.8 Å². The van der Waals surface area contributed by atoms with Crippen LogP contribution >= 0.6 is 0 Å². The predicted molar refractivity (Wildman–Crippen MR) is 69.9 cm³/mol. The molecule has 0 spiro atoms. The van der Waals surface area contributed by atoms with E-state index in [1.807, 2.05) is 18.2 Å². The zero-order valence-electron chi connectivity index (χ0n) is 10.8. The van der Waals surface area contributed by atoms with Gasteiger partial charge in [0, 0.05) is 17.7 Å². The van der Waals surface area contributed by atoms with Crippen LogP contribution in [-0.2, 0) is 16.0 Å². The second kappa shape index (κ2) is 5.17. The number of hydrogen-bond acceptors (Lipinski definition) is 2. The molecule has 1 aliphatic rings. The van der Waals surface area contributed by atoms with Gasteiger partial charge < -0.3 is 0 Å². The Labute approximate surface area is 107 Å². The van der Waals surface area contributed by atoms with Gasteiger partial charge in [-0.15, -0.1) is 0 Å². The third-order valence-electron chi connectivity index (χ3n) is 3.38. The van der Waals surface area contributed by atoms with Crippen molar-refractivity contribution in [3.8, 4) is 0 Å². The molecule has 1 heterocycles. The third-order valence-corrected chi connectivity index (χ3v) is 3.38. The van der Waals surface area contributed by atoms with E-state index in [1.54, 1.807) is 13.8 Å². The Bertz CT molecular complexity index is 478. The molecule has 0 fully saturated rings. The molecule has 0 saturated heterocycles. The molecule has 1 aromatic rings. The maximum atomic E-state index is 11.8. The Morgan fingerprint density at radius 3 is 2.06 bits per heavy atom. The highest BCUT2D eigenvalue weighted by Gasteiger charge is 2.32. The molecule has 18 heavy (non-hydrogen) atoms. The molecule has 0 unspecified atom stereocenters. The van der Waals surface area contributed by atoms with Gasteiger partial charge >= 0.3 is 0 Å². The monoisotopic (exact) mass is 243 g/mol. The van der Waals surface area contributed by atoms with Crippen LogP contribution in [-0.4, -0.2) is 23.3 Å². The molecule has 2 amide bonds. The van der Waals surface area contributed by atoms with Gasteiger partial charge in [-0.25, -0.2) is 0 Å². The number of carbonyl (C=O) groups is 2. The van der Waals surface area contributed by atoms with Crippen molar-refractivity contribution in [2.45, 2.75) is 26.7 Å². The predicted octanol–water partition coefficient (Wildman–Crippen LogP) is 2.32. The number of carbonyl (C=O) groups excluding carboxylic acids is 2. The first-order chi connectivity index (χ1) is 8.61. The van der Waals surface area contributed by atoms with Crippen molar-refractivity contribution in [2.75, 3.05) is 6.54 Å². The van der Waals surface area contributed by atoms with Gasteiger partial charge in [0.15, 0.2) is 0 Å². The fourth-order valence-corrected chi connectivity index (χ4v) is 2.11. The molecule has 3 heteroatoms. The molecular weight excluding hydrogens is 226 g/mol. The maximum absolute atomic E-state index is 11.8. The van der Waals surface area contributed by atoms with E-state index in [0.29, 0.717) is 17.7 Å². The Kier molecular flexibility index (Phi) is 3.60. The Morgan fingerprint density at radius 1 is 0.944 bits per heavy atom. The fourth-order valence-electron chi connectivity index (χ4n) is 2.11. The van der Waals surface area contributed by atoms with Gasteiger partial charge in [0.05, 0.1) is 0 Å². The Hall–Kier alpha value is -1.90. The molecule has 2 rings (SSSR count). The van der Waals surface area contributed by atoms with E-state index in [1.165, 1.54) is 10.5 Å². The normalized spacial score (nSPS) is 15.8. The van der Waals surface area contributed by atoms with Crippen molar-refractivity contribution >= 4 is 11.8 Å². The van der Waals surface area contributed by atoms with Crippen LogP contribution in [0.1, 0.15) is 25.8 Å². The summed E-state index contributed by atoms with van der Waals surface area (Å²) in [5, 5.41) is 0. The van der Waals surface area contributed by atoms with Crippen LogP contribution in [0.25, 0.3) is 0 Å². The minimum Gasteiger partial charge on any atom is -0.275 e. The van der Waals surface area contributed by atoms with Crippen LogP contribution in [0.4, 0.5) is 0 Å². The first-order valence-electron chi connectivity index (χ1n) is 6.19. The number of aryl methyl sites for hydroxylation is 1. The van der Waals surface area contributed by atoms with Gasteiger partial charge in [-0.3, -0.25) is 14.5 Å². The summed E-state index contributed by atoms with van der Waals surface area (Å²) in [5.41, 5.74) is 2.40. The minimum atomic E-state index is -0.134. The van der Waals surface area contributed by atoms with Crippen LogP contribution in [0, 0.1) is 0 Å². The van der Waals surface area contributed by atoms with Crippen LogP contribution in [0.2, 0.25) is 0 Å². The van der Waals surface area contributed by atoms with Crippen LogP contribution in [0.15, 0.2) is 41.5 Å². The molecule has 0 saturated carbocycles. The van der Waals surface area contributed by atoms with Crippen LogP contribution < -0.4 is 0 Å². The summed E-state index contributed by atoms with van der Waals surface area (Å²) in [5.74, 6) is -0.267. The van der Waals surface area contributed by atoms with E-state index in [0.717, 1.165) is 12.8 Å². The summed E-state index contributed by atoms with van der Waals surface area (Å²) < 4.78 is 0. The Morgan fingerprint density at radius 2 is 1.50 bits per heavy atom. The number of amides is 2. The third kappa shape index (κ3) is 2.35. The molecule has 0 N–H and O–H groups in total. The molecule has 3 nitrogen and oxygen atoms in total. The fraction of sp³-hybridized carbons (Fsp3) is 0.333. The smallest absolute Gasteiger partial charge is 0.256 e. The summed E-state index contributed by atoms with van der Waals surface area (Å²) in [6, 6.07) is 10.1. The molecule has 94 valence electrons. The van der Waals surface area contributed by atoms with Gasteiger partial charge in [-0.05, 0) is 32.3 Å². The van der Waals surface area contributed by atoms with E-state index >= 15 is 0 Å². The van der Waals surface area contributed by atoms with E-state index in [2.05, 4.69) is 12.1 Å². The average molecular weight is 243 g/mol. The summed E-state index contributed by atoms with van der Waals surface area (Å²) in [6.07, 6.45) is 1.69. The van der Waals surface area contributed by atoms with Crippen LogP contribution in [0.3, 0.4) is 0 Å². The quantitative estimate of drug-likeness (QED) is 0.761. The molecule has 0 aromatic heterocycles. The molecule has 0 aliphatic carbocycles. The first-order valence-corrected chi connectivity index (χ1v) is 6.19. The average Bonchev–Trinajstić information content (AvgIpc) is 2.57. The zero-order chi connectivity index (χ0) is 13.1. The summed E-state index contributed by atoms with van der Waals surface area (Å²) in [7, 11) is 0. The second-order valence-electron chi connectivity index (χ2n) is 4.60. The van der Waals surface area contributed by atoms with Crippen molar-refractivity contribution < 1.29 is 9.59 Å². The van der Waals surface area contributed by atoms with Crippen molar-refractivity contribution in [1.29, 1.82) is 0 Å². The molecule has 0 bridgehead atoms. The maximum Gasteiger partial charge on any atom is 0.256 e. The van der Waals surface area contributed by atoms with Crippen molar-refractivity contribution in [3.63, 3.8) is 0 Å². The van der Waals surface area contributed by atoms with Gasteiger partial charge in [-0.2, -0.15) is 0 Å². The number of rotatable bonds is 4. The van der Waals surface area contributed by atoms with Crippen molar-refractivity contribution in [1.82, 2.24) is 4.90 Å². The lowest BCUT2D eigenvalue weighted by atomic mass is 10.1. The highest BCUT2D eigenvalue weighted by Crippen LogP contribution is 2.20. The highest BCUT2D eigenvalue weighted by molar-refractivity contribution is 6.18. The van der Waals surface area contributed by atoms with Gasteiger partial charge in [0.25, 0.3) is 11.8 Å². The lowest BCUT2D eigenvalue weighted by Crippen LogP contribution is -2.32. The van der Waals surface area contributed by atoms with Gasteiger partial charge in [0.1, 0.15) is 0 Å². The second-order valence-corrected chi connectivity index (χ2v) is 4.60. The lowest BCUT2D eigenvalue weighted by Gasteiger charge is -2.14. The molecular formula is C15H17NO2. The number of nitrogens with zero attached hydrogens (tertiary/aromatic N) is 1. The van der Waals surface area contributed by atoms with Crippen molar-refractivity contribution in [2.24, 2.45) is 0 Å². The van der Waals surface area contributed by atoms with Gasteiger partial charge in [-0.1, -0.05) is 30.3 Å². The van der Waals surface area contributed by atoms with Gasteiger partial charge in [0.2, 0.25) is 0 Å². The summed E-state index contributed by atoms with van der Waals surface area (Å²) >= 11 is 0. The number of imide groups is 1. The summed E-state index contributed by atoms with van der Waals surface area (Å²) in [4.78, 5) is 25.0. The molecule has 1 aliphatic heterocycles. The standard InChI is InChI=1S/C15H17NO2/c1-11-12(2)15(18)16(14(11)17)10-6-9-13-7-4-3-5-8-13/h3-5,7-8H,6,9-10H2,1-2H3. The first kappa shape index (κ1) is 12.6. The van der Waals surface area contributed by atoms with E-state index < -0.39 is 0 Å². The zero-order valence-corrected chi connectivity index (χ0v) is 10.8. The van der Waals surface area contributed by atoms with E-state index in [9.17, 15) is 9.59 Å². The summed E-state index contributed by atoms with van der Waals surface area (Å²) in [6.45, 7) is 3.93. The minimum absolute atomic E-state index is 0.134. The Balaban J connectivity index is 1.89. The molecule has 1 aromatic carbocycles. The SMILES string of the molecule is CC1=C(C)C(=O)N(CCCc2ccccc2)C1=O. The molecule has 0 atom stereocenters. The number of benzene rings is 1. The lowest BCUT2D eigenvalue weighted by molar-refractivity contribution is -0.137. The van der Waals surface area contributed by atoms with Crippen molar-refractivity contribution in [3.05, 3.63) is 47.0 Å². The van der Waals surface area contributed by atoms with Crippen LogP contribution in [0.5, 0.6) is 0 Å². The highest BCUT2D eigenvalue weighted by atomic mass is 16.2.